The first kappa shape index (κ1) is 10.7. The first-order valence-electron chi connectivity index (χ1n) is 5.25. The highest BCUT2D eigenvalue weighted by Crippen LogP contribution is 2.22. The van der Waals surface area contributed by atoms with Crippen molar-refractivity contribution in [1.82, 2.24) is 0 Å². The summed E-state index contributed by atoms with van der Waals surface area (Å²) in [5.74, 6) is 0. The molecule has 0 unspecified atom stereocenters. The second kappa shape index (κ2) is 5.33. The zero-order valence-corrected chi connectivity index (χ0v) is 11.3. The van der Waals surface area contributed by atoms with Gasteiger partial charge >= 0.3 is 0 Å². The second-order valence-corrected chi connectivity index (χ2v) is 3.97. The van der Waals surface area contributed by atoms with E-state index in [1.54, 1.807) is 0 Å². The van der Waals surface area contributed by atoms with Crippen molar-refractivity contribution in [2.45, 2.75) is 0 Å². The minimum atomic E-state index is 0.713. The van der Waals surface area contributed by atoms with E-state index in [0.29, 0.717) is 10.5 Å². The maximum absolute atomic E-state index is 5.29. The van der Waals surface area contributed by atoms with E-state index < -0.39 is 0 Å². The van der Waals surface area contributed by atoms with E-state index in [0.717, 1.165) is 5.57 Å². The van der Waals surface area contributed by atoms with Gasteiger partial charge in [-0.05, 0) is 11.1 Å². The molecule has 0 aromatic heterocycles. The van der Waals surface area contributed by atoms with Gasteiger partial charge in [0.1, 0.15) is 0 Å². The van der Waals surface area contributed by atoms with Crippen LogP contribution in [0.3, 0.4) is 0 Å². The molecule has 0 aliphatic carbocycles. The molecule has 0 aliphatic heterocycles. The van der Waals surface area contributed by atoms with Crippen molar-refractivity contribution in [3.05, 3.63) is 78.1 Å². The summed E-state index contributed by atoms with van der Waals surface area (Å²) in [6.07, 6.45) is 1.84. The van der Waals surface area contributed by atoms with Crippen molar-refractivity contribution in [2.24, 2.45) is 0 Å². The Morgan fingerprint density at radius 3 is 1.62 bits per heavy atom. The molecule has 0 heterocycles. The van der Waals surface area contributed by atoms with Crippen LogP contribution in [-0.2, 0) is 4.43 Å². The van der Waals surface area contributed by atoms with Crippen molar-refractivity contribution in [3.63, 3.8) is 0 Å². The fraction of sp³-hybridized carbons (Fsp3) is 0. The van der Waals surface area contributed by atoms with Gasteiger partial charge in [0.25, 0.3) is 0 Å². The fourth-order valence-electron chi connectivity index (χ4n) is 1.66. The fourth-order valence-corrected chi connectivity index (χ4v) is 1.89. The first-order valence-corrected chi connectivity index (χ1v) is 6.07. The summed E-state index contributed by atoms with van der Waals surface area (Å²) < 4.78 is 5.29. The molecule has 0 atom stereocenters. The monoisotopic (exact) mass is 226 g/mol. The molecular formula is C14H14OSi. The quantitative estimate of drug-likeness (QED) is 0.577. The second-order valence-electron chi connectivity index (χ2n) is 3.50. The normalized spacial score (nSPS) is 9.75. The molecule has 2 aromatic carbocycles. The highest BCUT2D eigenvalue weighted by molar-refractivity contribution is 5.99. The Kier molecular flexibility index (Phi) is 3.56. The first-order chi connectivity index (χ1) is 7.92. The van der Waals surface area contributed by atoms with Crippen LogP contribution in [0.15, 0.2) is 66.9 Å². The minimum absolute atomic E-state index is 0.713. The SMILES string of the molecule is [SiH3]OC=C(c1ccccc1)c1ccccc1. The summed E-state index contributed by atoms with van der Waals surface area (Å²) in [6, 6.07) is 20.6. The molecule has 2 aromatic rings. The van der Waals surface area contributed by atoms with Gasteiger partial charge in [0.2, 0.25) is 10.5 Å². The molecule has 0 N–H and O–H groups in total. The van der Waals surface area contributed by atoms with Crippen LogP contribution in [-0.4, -0.2) is 10.5 Å². The third-order valence-corrected chi connectivity index (χ3v) is 2.64. The topological polar surface area (TPSA) is 9.23 Å². The van der Waals surface area contributed by atoms with E-state index in [2.05, 4.69) is 24.3 Å². The summed E-state index contributed by atoms with van der Waals surface area (Å²) in [7, 11) is 0.713. The Hall–Kier alpha value is -1.80. The van der Waals surface area contributed by atoms with Crippen LogP contribution in [0.5, 0.6) is 0 Å². The minimum Gasteiger partial charge on any atom is -0.558 e. The standard InChI is InChI=1S/C14H14OSi/c16-15-11-14(12-7-3-1-4-8-12)13-9-5-2-6-10-13/h1-11H,16H3. The molecule has 0 saturated carbocycles. The zero-order chi connectivity index (χ0) is 11.2. The van der Waals surface area contributed by atoms with Crippen molar-refractivity contribution < 1.29 is 4.43 Å². The molecule has 80 valence electrons. The van der Waals surface area contributed by atoms with Crippen LogP contribution in [0.4, 0.5) is 0 Å². The lowest BCUT2D eigenvalue weighted by Gasteiger charge is -2.07. The number of rotatable bonds is 3. The Morgan fingerprint density at radius 1 is 0.812 bits per heavy atom. The van der Waals surface area contributed by atoms with Gasteiger partial charge in [-0.25, -0.2) is 0 Å². The van der Waals surface area contributed by atoms with Crippen LogP contribution in [0.25, 0.3) is 5.57 Å². The van der Waals surface area contributed by atoms with Crippen LogP contribution in [0.1, 0.15) is 11.1 Å². The van der Waals surface area contributed by atoms with E-state index in [-0.39, 0.29) is 0 Å². The Morgan fingerprint density at radius 2 is 1.25 bits per heavy atom. The van der Waals surface area contributed by atoms with Gasteiger partial charge < -0.3 is 4.43 Å². The molecule has 2 heteroatoms. The number of hydrogen-bond donors (Lipinski definition) is 0. The third kappa shape index (κ3) is 2.41. The predicted octanol–water partition coefficient (Wildman–Crippen LogP) is 2.37. The number of benzene rings is 2. The summed E-state index contributed by atoms with van der Waals surface area (Å²) >= 11 is 0. The van der Waals surface area contributed by atoms with Gasteiger partial charge in [0, 0.05) is 5.57 Å². The zero-order valence-electron chi connectivity index (χ0n) is 9.26. The Balaban J connectivity index is 2.44. The van der Waals surface area contributed by atoms with Gasteiger partial charge in [-0.15, -0.1) is 0 Å². The number of hydrogen-bond acceptors (Lipinski definition) is 1. The van der Waals surface area contributed by atoms with Gasteiger partial charge in [-0.1, -0.05) is 60.7 Å². The molecule has 0 aliphatic rings. The molecule has 0 fully saturated rings. The van der Waals surface area contributed by atoms with Crippen molar-refractivity contribution in [1.29, 1.82) is 0 Å². The highest BCUT2D eigenvalue weighted by Gasteiger charge is 2.03. The molecular weight excluding hydrogens is 212 g/mol. The Labute approximate surface area is 98.9 Å². The van der Waals surface area contributed by atoms with Gasteiger partial charge in [0.15, 0.2) is 0 Å². The van der Waals surface area contributed by atoms with Crippen LogP contribution in [0, 0.1) is 0 Å². The van der Waals surface area contributed by atoms with E-state index in [1.807, 2.05) is 42.7 Å². The molecule has 0 spiro atoms. The van der Waals surface area contributed by atoms with Crippen LogP contribution >= 0.6 is 0 Å². The average Bonchev–Trinajstić information content (AvgIpc) is 2.38. The average molecular weight is 226 g/mol. The summed E-state index contributed by atoms with van der Waals surface area (Å²) in [5, 5.41) is 0. The van der Waals surface area contributed by atoms with E-state index in [4.69, 9.17) is 4.43 Å². The largest absolute Gasteiger partial charge is 0.558 e. The van der Waals surface area contributed by atoms with Gasteiger partial charge in [-0.2, -0.15) is 0 Å². The van der Waals surface area contributed by atoms with E-state index in [9.17, 15) is 0 Å². The van der Waals surface area contributed by atoms with Crippen molar-refractivity contribution in [2.75, 3.05) is 0 Å². The van der Waals surface area contributed by atoms with Crippen LogP contribution in [0.2, 0.25) is 0 Å². The lowest BCUT2D eigenvalue weighted by atomic mass is 9.99. The van der Waals surface area contributed by atoms with Crippen LogP contribution < -0.4 is 0 Å². The lowest BCUT2D eigenvalue weighted by Crippen LogP contribution is -1.88. The maximum atomic E-state index is 5.29. The highest BCUT2D eigenvalue weighted by atomic mass is 28.2. The third-order valence-electron chi connectivity index (χ3n) is 2.41. The molecule has 0 radical (unpaired) electrons. The molecule has 0 saturated heterocycles. The molecule has 1 nitrogen and oxygen atoms in total. The van der Waals surface area contributed by atoms with Gasteiger partial charge in [-0.3, -0.25) is 0 Å². The Bertz CT molecular complexity index is 421. The smallest absolute Gasteiger partial charge is 0.203 e. The summed E-state index contributed by atoms with van der Waals surface area (Å²) in [4.78, 5) is 0. The van der Waals surface area contributed by atoms with Crippen molar-refractivity contribution in [3.8, 4) is 0 Å². The summed E-state index contributed by atoms with van der Waals surface area (Å²) in [5.41, 5.74) is 3.50. The molecule has 0 bridgehead atoms. The maximum Gasteiger partial charge on any atom is 0.203 e. The molecule has 2 rings (SSSR count). The lowest BCUT2D eigenvalue weighted by molar-refractivity contribution is 0.537. The summed E-state index contributed by atoms with van der Waals surface area (Å²) in [6.45, 7) is 0. The molecule has 0 amide bonds. The van der Waals surface area contributed by atoms with E-state index >= 15 is 0 Å². The van der Waals surface area contributed by atoms with E-state index in [1.165, 1.54) is 11.1 Å². The predicted molar refractivity (Wildman–Crippen MR) is 71.0 cm³/mol. The molecule has 16 heavy (non-hydrogen) atoms. The van der Waals surface area contributed by atoms with Gasteiger partial charge in [0.05, 0.1) is 6.26 Å². The van der Waals surface area contributed by atoms with Crippen molar-refractivity contribution >= 4 is 16.1 Å².